The fourth-order valence-electron chi connectivity index (χ4n) is 1.52. The van der Waals surface area contributed by atoms with Gasteiger partial charge in [-0.1, -0.05) is 0 Å². The maximum absolute atomic E-state index is 11.7. The summed E-state index contributed by atoms with van der Waals surface area (Å²) < 4.78 is 0. The highest BCUT2D eigenvalue weighted by atomic mass is 16.2. The number of rotatable bonds is 2. The number of hydrogen-bond acceptors (Lipinski definition) is 2. The van der Waals surface area contributed by atoms with E-state index in [2.05, 4.69) is 5.32 Å². The molecule has 0 aromatic rings. The Balaban J connectivity index is 2.40. The summed E-state index contributed by atoms with van der Waals surface area (Å²) in [6, 6.07) is 0.0279. The standard InChI is InChI=1S/C10H21N3O/c1-10(2,8-11)12-9(14)13-6-4-3-5-7-13/h3-8,11H2,1-2H3,(H,12,14). The van der Waals surface area contributed by atoms with Crippen LogP contribution < -0.4 is 11.1 Å². The minimum absolute atomic E-state index is 0.0279. The number of nitrogens with zero attached hydrogens (tertiary/aromatic N) is 1. The number of nitrogens with one attached hydrogen (secondary N) is 1. The van der Waals surface area contributed by atoms with E-state index in [4.69, 9.17) is 5.73 Å². The van der Waals surface area contributed by atoms with Gasteiger partial charge in [-0.25, -0.2) is 4.79 Å². The summed E-state index contributed by atoms with van der Waals surface area (Å²) in [6.07, 6.45) is 3.48. The smallest absolute Gasteiger partial charge is 0.317 e. The van der Waals surface area contributed by atoms with Gasteiger partial charge in [-0.2, -0.15) is 0 Å². The molecule has 0 bridgehead atoms. The van der Waals surface area contributed by atoms with E-state index in [1.54, 1.807) is 0 Å². The van der Waals surface area contributed by atoms with Crippen molar-refractivity contribution in [2.75, 3.05) is 19.6 Å². The van der Waals surface area contributed by atoms with E-state index >= 15 is 0 Å². The van der Waals surface area contributed by atoms with E-state index in [0.717, 1.165) is 25.9 Å². The Labute approximate surface area is 85.8 Å². The second kappa shape index (κ2) is 4.64. The molecule has 4 heteroatoms. The van der Waals surface area contributed by atoms with E-state index in [1.165, 1.54) is 6.42 Å². The van der Waals surface area contributed by atoms with Crippen LogP contribution in [0.3, 0.4) is 0 Å². The van der Waals surface area contributed by atoms with Gasteiger partial charge in [0.05, 0.1) is 0 Å². The third-order valence-electron chi connectivity index (χ3n) is 2.60. The number of carbonyl (C=O) groups excluding carboxylic acids is 1. The number of hydrogen-bond donors (Lipinski definition) is 2. The monoisotopic (exact) mass is 199 g/mol. The molecular weight excluding hydrogens is 178 g/mol. The maximum Gasteiger partial charge on any atom is 0.317 e. The average molecular weight is 199 g/mol. The molecule has 82 valence electrons. The van der Waals surface area contributed by atoms with Gasteiger partial charge in [0.25, 0.3) is 0 Å². The summed E-state index contributed by atoms with van der Waals surface area (Å²) in [4.78, 5) is 13.6. The van der Waals surface area contributed by atoms with Crippen molar-refractivity contribution in [3.8, 4) is 0 Å². The highest BCUT2D eigenvalue weighted by Gasteiger charge is 2.23. The third kappa shape index (κ3) is 3.18. The van der Waals surface area contributed by atoms with Crippen LogP contribution in [0.2, 0.25) is 0 Å². The van der Waals surface area contributed by atoms with E-state index in [0.29, 0.717) is 6.54 Å². The van der Waals surface area contributed by atoms with Gasteiger partial charge in [-0.05, 0) is 33.1 Å². The molecule has 4 nitrogen and oxygen atoms in total. The van der Waals surface area contributed by atoms with Crippen LogP contribution in [-0.4, -0.2) is 36.1 Å². The summed E-state index contributed by atoms with van der Waals surface area (Å²) >= 11 is 0. The van der Waals surface area contributed by atoms with Crippen molar-refractivity contribution >= 4 is 6.03 Å². The fraction of sp³-hybridized carbons (Fsp3) is 0.900. The van der Waals surface area contributed by atoms with Crippen molar-refractivity contribution < 1.29 is 4.79 Å². The molecule has 1 aliphatic rings. The molecule has 0 aliphatic carbocycles. The number of amides is 2. The third-order valence-corrected chi connectivity index (χ3v) is 2.60. The van der Waals surface area contributed by atoms with E-state index in [1.807, 2.05) is 18.7 Å². The molecule has 0 radical (unpaired) electrons. The molecule has 0 unspecified atom stereocenters. The van der Waals surface area contributed by atoms with Gasteiger partial charge in [0.2, 0.25) is 0 Å². The molecule has 1 rings (SSSR count). The van der Waals surface area contributed by atoms with Gasteiger partial charge in [0.1, 0.15) is 0 Å². The predicted molar refractivity (Wildman–Crippen MR) is 57.1 cm³/mol. The molecule has 1 heterocycles. The molecular formula is C10H21N3O. The lowest BCUT2D eigenvalue weighted by atomic mass is 10.1. The molecule has 14 heavy (non-hydrogen) atoms. The lowest BCUT2D eigenvalue weighted by Crippen LogP contribution is -2.54. The van der Waals surface area contributed by atoms with Crippen molar-refractivity contribution in [3.63, 3.8) is 0 Å². The van der Waals surface area contributed by atoms with Crippen LogP contribution in [0.1, 0.15) is 33.1 Å². The van der Waals surface area contributed by atoms with Crippen molar-refractivity contribution in [2.45, 2.75) is 38.6 Å². The Morgan fingerprint density at radius 3 is 2.43 bits per heavy atom. The Morgan fingerprint density at radius 1 is 1.36 bits per heavy atom. The Hall–Kier alpha value is -0.770. The van der Waals surface area contributed by atoms with Gasteiger partial charge in [0.15, 0.2) is 0 Å². The van der Waals surface area contributed by atoms with Gasteiger partial charge in [-0.3, -0.25) is 0 Å². The van der Waals surface area contributed by atoms with Crippen LogP contribution in [0.4, 0.5) is 4.79 Å². The lowest BCUT2D eigenvalue weighted by Gasteiger charge is -2.32. The summed E-state index contributed by atoms with van der Waals surface area (Å²) in [5.74, 6) is 0. The first-order valence-corrected chi connectivity index (χ1v) is 5.32. The van der Waals surface area contributed by atoms with Crippen LogP contribution in [0.15, 0.2) is 0 Å². The van der Waals surface area contributed by atoms with Gasteiger partial charge < -0.3 is 16.0 Å². The van der Waals surface area contributed by atoms with Crippen molar-refractivity contribution in [3.05, 3.63) is 0 Å². The summed E-state index contributed by atoms with van der Waals surface area (Å²) in [5, 5.41) is 2.94. The molecule has 1 saturated heterocycles. The average Bonchev–Trinajstić information content (AvgIpc) is 2.19. The minimum Gasteiger partial charge on any atom is -0.332 e. The number of piperidine rings is 1. The Bertz CT molecular complexity index is 198. The zero-order valence-electron chi connectivity index (χ0n) is 9.18. The van der Waals surface area contributed by atoms with Crippen LogP contribution in [-0.2, 0) is 0 Å². The molecule has 0 atom stereocenters. The zero-order valence-corrected chi connectivity index (χ0v) is 9.18. The second-order valence-electron chi connectivity index (χ2n) is 4.57. The number of likely N-dealkylation sites (tertiary alicyclic amines) is 1. The van der Waals surface area contributed by atoms with Crippen LogP contribution in [0.25, 0.3) is 0 Å². The largest absolute Gasteiger partial charge is 0.332 e. The molecule has 3 N–H and O–H groups in total. The number of carbonyl (C=O) groups is 1. The first kappa shape index (κ1) is 11.3. The number of urea groups is 1. The van der Waals surface area contributed by atoms with E-state index < -0.39 is 0 Å². The van der Waals surface area contributed by atoms with Gasteiger partial charge in [0, 0.05) is 25.2 Å². The van der Waals surface area contributed by atoms with E-state index in [-0.39, 0.29) is 11.6 Å². The van der Waals surface area contributed by atoms with Gasteiger partial charge >= 0.3 is 6.03 Å². The first-order chi connectivity index (χ1) is 6.55. The lowest BCUT2D eigenvalue weighted by molar-refractivity contribution is 0.176. The predicted octanol–water partition coefficient (Wildman–Crippen LogP) is 0.919. The number of nitrogens with two attached hydrogens (primary N) is 1. The van der Waals surface area contributed by atoms with E-state index in [9.17, 15) is 4.79 Å². The summed E-state index contributed by atoms with van der Waals surface area (Å²) in [7, 11) is 0. The van der Waals surface area contributed by atoms with Crippen LogP contribution in [0.5, 0.6) is 0 Å². The normalized spacial score (nSPS) is 18.1. The summed E-state index contributed by atoms with van der Waals surface area (Å²) in [6.45, 7) is 6.11. The molecule has 0 aromatic carbocycles. The highest BCUT2D eigenvalue weighted by molar-refractivity contribution is 5.75. The second-order valence-corrected chi connectivity index (χ2v) is 4.57. The Morgan fingerprint density at radius 2 is 1.93 bits per heavy atom. The van der Waals surface area contributed by atoms with Crippen LogP contribution >= 0.6 is 0 Å². The minimum atomic E-state index is -0.297. The molecule has 2 amide bonds. The fourth-order valence-corrected chi connectivity index (χ4v) is 1.52. The molecule has 1 fully saturated rings. The first-order valence-electron chi connectivity index (χ1n) is 5.32. The Kier molecular flexibility index (Phi) is 3.75. The maximum atomic E-state index is 11.7. The quantitative estimate of drug-likeness (QED) is 0.694. The molecule has 0 spiro atoms. The zero-order chi connectivity index (χ0) is 10.6. The van der Waals surface area contributed by atoms with Crippen molar-refractivity contribution in [1.29, 1.82) is 0 Å². The molecule has 0 saturated carbocycles. The topological polar surface area (TPSA) is 58.4 Å². The van der Waals surface area contributed by atoms with Crippen molar-refractivity contribution in [1.82, 2.24) is 10.2 Å². The summed E-state index contributed by atoms with van der Waals surface area (Å²) in [5.41, 5.74) is 5.25. The molecule has 0 aromatic heterocycles. The highest BCUT2D eigenvalue weighted by Crippen LogP contribution is 2.09. The van der Waals surface area contributed by atoms with Crippen LogP contribution in [0, 0.1) is 0 Å². The van der Waals surface area contributed by atoms with Gasteiger partial charge in [-0.15, -0.1) is 0 Å². The molecule has 1 aliphatic heterocycles. The SMILES string of the molecule is CC(C)(CN)NC(=O)N1CCCCC1. The van der Waals surface area contributed by atoms with Crippen molar-refractivity contribution in [2.24, 2.45) is 5.73 Å².